The van der Waals surface area contributed by atoms with Gasteiger partial charge in [0.1, 0.15) is 0 Å². The molecule has 0 aromatic rings. The second kappa shape index (κ2) is 4.23. The average Bonchev–Trinajstić information content (AvgIpc) is 2.48. The molecule has 1 saturated heterocycles. The quantitative estimate of drug-likeness (QED) is 0.610. The molecule has 13 heavy (non-hydrogen) atoms. The zero-order chi connectivity index (χ0) is 9.84. The van der Waals surface area contributed by atoms with E-state index in [1.807, 2.05) is 0 Å². The molecule has 1 heterocycles. The number of aliphatic carboxylic acids is 1. The third kappa shape index (κ3) is 3.02. The van der Waals surface area contributed by atoms with Gasteiger partial charge in [-0.25, -0.2) is 0 Å². The largest absolute Gasteiger partial charge is 0.480 e. The van der Waals surface area contributed by atoms with Crippen molar-refractivity contribution in [3.63, 3.8) is 0 Å². The summed E-state index contributed by atoms with van der Waals surface area (Å²) in [5, 5.41) is 11.3. The summed E-state index contributed by atoms with van der Waals surface area (Å²) in [4.78, 5) is 22.9. The summed E-state index contributed by atoms with van der Waals surface area (Å²) < 4.78 is 0. The fourth-order valence-corrected chi connectivity index (χ4v) is 1.44. The van der Waals surface area contributed by atoms with Gasteiger partial charge in [0, 0.05) is 26.1 Å². The lowest BCUT2D eigenvalue weighted by Crippen LogP contribution is -2.36. The lowest BCUT2D eigenvalue weighted by Gasteiger charge is -2.13. The fraction of sp³-hybridized carbons (Fsp3) is 0.750. The molecule has 0 spiro atoms. The van der Waals surface area contributed by atoms with Crippen molar-refractivity contribution in [2.45, 2.75) is 19.4 Å². The topological polar surface area (TPSA) is 69.6 Å². The van der Waals surface area contributed by atoms with Crippen LogP contribution in [-0.4, -0.2) is 47.6 Å². The van der Waals surface area contributed by atoms with Crippen LogP contribution in [-0.2, 0) is 9.59 Å². The summed E-state index contributed by atoms with van der Waals surface area (Å²) in [5.74, 6) is -0.805. The number of hydrogen-bond acceptors (Lipinski definition) is 3. The van der Waals surface area contributed by atoms with Gasteiger partial charge >= 0.3 is 5.97 Å². The first kappa shape index (κ1) is 9.98. The van der Waals surface area contributed by atoms with Crippen molar-refractivity contribution < 1.29 is 14.7 Å². The number of nitrogens with one attached hydrogen (secondary N) is 1. The molecule has 0 bridgehead atoms. The maximum Gasteiger partial charge on any atom is 0.317 e. The van der Waals surface area contributed by atoms with Gasteiger partial charge in [-0.2, -0.15) is 0 Å². The molecular formula is C8H14N2O3. The summed E-state index contributed by atoms with van der Waals surface area (Å²) in [5.41, 5.74) is 0. The van der Waals surface area contributed by atoms with Crippen molar-refractivity contribution in [1.82, 2.24) is 10.2 Å². The van der Waals surface area contributed by atoms with Crippen molar-refractivity contribution in [3.05, 3.63) is 0 Å². The normalized spacial score (nSPS) is 21.9. The van der Waals surface area contributed by atoms with Crippen LogP contribution in [0.25, 0.3) is 0 Å². The smallest absolute Gasteiger partial charge is 0.317 e. The summed E-state index contributed by atoms with van der Waals surface area (Å²) in [6, 6.07) is 0.139. The Morgan fingerprint density at radius 3 is 2.77 bits per heavy atom. The van der Waals surface area contributed by atoms with E-state index in [9.17, 15) is 9.59 Å². The van der Waals surface area contributed by atoms with Gasteiger partial charge in [0.25, 0.3) is 0 Å². The zero-order valence-electron chi connectivity index (χ0n) is 7.62. The highest BCUT2D eigenvalue weighted by Crippen LogP contribution is 2.08. The molecule has 74 valence electrons. The first-order chi connectivity index (χ1) is 6.09. The average molecular weight is 186 g/mol. The maximum atomic E-state index is 10.9. The number of carbonyl (C=O) groups is 2. The molecule has 0 radical (unpaired) electrons. The summed E-state index contributed by atoms with van der Waals surface area (Å²) in [6.45, 7) is 2.85. The molecule has 1 fully saturated rings. The second-order valence-electron chi connectivity index (χ2n) is 3.23. The molecule has 1 amide bonds. The van der Waals surface area contributed by atoms with Gasteiger partial charge in [-0.3, -0.25) is 9.59 Å². The molecule has 0 aromatic heterocycles. The van der Waals surface area contributed by atoms with Gasteiger partial charge in [0.05, 0.1) is 6.54 Å². The Balaban J connectivity index is 2.25. The zero-order valence-corrected chi connectivity index (χ0v) is 7.62. The van der Waals surface area contributed by atoms with Gasteiger partial charge < -0.3 is 15.3 Å². The fourth-order valence-electron chi connectivity index (χ4n) is 1.44. The van der Waals surface area contributed by atoms with Crippen molar-refractivity contribution in [2.75, 3.05) is 19.6 Å². The molecule has 0 aliphatic carbocycles. The molecule has 1 aliphatic heterocycles. The number of hydrogen-bond donors (Lipinski definition) is 2. The SMILES string of the molecule is CC(=O)N1CC[C@H](NCC(=O)O)C1. The van der Waals surface area contributed by atoms with Crippen LogP contribution in [0.15, 0.2) is 0 Å². The molecular weight excluding hydrogens is 172 g/mol. The van der Waals surface area contributed by atoms with Crippen LogP contribution in [0.2, 0.25) is 0 Å². The number of rotatable bonds is 3. The lowest BCUT2D eigenvalue weighted by atomic mass is 10.2. The number of carboxylic acid groups (broad SMARTS) is 1. The van der Waals surface area contributed by atoms with Crippen molar-refractivity contribution in [2.24, 2.45) is 0 Å². The Morgan fingerprint density at radius 1 is 1.62 bits per heavy atom. The highest BCUT2D eigenvalue weighted by Gasteiger charge is 2.23. The Labute approximate surface area is 76.7 Å². The molecule has 2 N–H and O–H groups in total. The predicted octanol–water partition coefficient (Wildman–Crippen LogP) is -0.719. The number of carbonyl (C=O) groups excluding carboxylic acids is 1. The minimum atomic E-state index is -0.860. The second-order valence-corrected chi connectivity index (χ2v) is 3.23. The maximum absolute atomic E-state index is 10.9. The molecule has 5 nitrogen and oxygen atoms in total. The molecule has 0 saturated carbocycles. The van der Waals surface area contributed by atoms with Crippen molar-refractivity contribution in [3.8, 4) is 0 Å². The van der Waals surface area contributed by atoms with E-state index in [0.29, 0.717) is 6.54 Å². The Bertz CT molecular complexity index is 217. The van der Waals surface area contributed by atoms with Crippen LogP contribution in [0.3, 0.4) is 0 Å². The summed E-state index contributed by atoms with van der Waals surface area (Å²) >= 11 is 0. The molecule has 1 rings (SSSR count). The molecule has 1 aliphatic rings. The van der Waals surface area contributed by atoms with Crippen LogP contribution >= 0.6 is 0 Å². The van der Waals surface area contributed by atoms with Crippen molar-refractivity contribution >= 4 is 11.9 Å². The molecule has 5 heteroatoms. The first-order valence-electron chi connectivity index (χ1n) is 4.30. The summed E-state index contributed by atoms with van der Waals surface area (Å²) in [7, 11) is 0. The van der Waals surface area contributed by atoms with E-state index in [-0.39, 0.29) is 18.5 Å². The standard InChI is InChI=1S/C8H14N2O3/c1-6(11)10-3-2-7(5-10)9-4-8(12)13/h7,9H,2-5H2,1H3,(H,12,13)/t7-/m0/s1. The van der Waals surface area contributed by atoms with E-state index >= 15 is 0 Å². The predicted molar refractivity (Wildman–Crippen MR) is 46.3 cm³/mol. The van der Waals surface area contributed by atoms with E-state index in [1.54, 1.807) is 4.90 Å². The van der Waals surface area contributed by atoms with Gasteiger partial charge in [-0.15, -0.1) is 0 Å². The molecule has 1 atom stereocenters. The Hall–Kier alpha value is -1.10. The van der Waals surface area contributed by atoms with Crippen LogP contribution in [0, 0.1) is 0 Å². The third-order valence-corrected chi connectivity index (χ3v) is 2.18. The van der Waals surface area contributed by atoms with Gasteiger partial charge in [-0.1, -0.05) is 0 Å². The van der Waals surface area contributed by atoms with Gasteiger partial charge in [0.15, 0.2) is 0 Å². The number of likely N-dealkylation sites (tertiary alicyclic amines) is 1. The monoisotopic (exact) mass is 186 g/mol. The van der Waals surface area contributed by atoms with Crippen LogP contribution in [0.4, 0.5) is 0 Å². The van der Waals surface area contributed by atoms with E-state index in [2.05, 4.69) is 5.32 Å². The van der Waals surface area contributed by atoms with E-state index in [0.717, 1.165) is 13.0 Å². The van der Waals surface area contributed by atoms with Crippen LogP contribution in [0.1, 0.15) is 13.3 Å². The lowest BCUT2D eigenvalue weighted by molar-refractivity contribution is -0.136. The van der Waals surface area contributed by atoms with E-state index in [4.69, 9.17) is 5.11 Å². The minimum Gasteiger partial charge on any atom is -0.480 e. The Kier molecular flexibility index (Phi) is 3.25. The Morgan fingerprint density at radius 2 is 2.31 bits per heavy atom. The van der Waals surface area contributed by atoms with Gasteiger partial charge in [0.2, 0.25) is 5.91 Å². The van der Waals surface area contributed by atoms with Crippen LogP contribution < -0.4 is 5.32 Å². The molecule has 0 aromatic carbocycles. The number of carboxylic acids is 1. The number of amides is 1. The van der Waals surface area contributed by atoms with E-state index in [1.165, 1.54) is 6.92 Å². The van der Waals surface area contributed by atoms with Crippen LogP contribution in [0.5, 0.6) is 0 Å². The first-order valence-corrected chi connectivity index (χ1v) is 4.30. The summed E-state index contributed by atoms with van der Waals surface area (Å²) in [6.07, 6.45) is 0.840. The van der Waals surface area contributed by atoms with E-state index < -0.39 is 5.97 Å². The molecule has 0 unspecified atom stereocenters. The number of nitrogens with zero attached hydrogens (tertiary/aromatic N) is 1. The third-order valence-electron chi connectivity index (χ3n) is 2.18. The minimum absolute atomic E-state index is 0.0313. The van der Waals surface area contributed by atoms with Crippen molar-refractivity contribution in [1.29, 1.82) is 0 Å². The highest BCUT2D eigenvalue weighted by molar-refractivity contribution is 5.73. The highest BCUT2D eigenvalue weighted by atomic mass is 16.4. The van der Waals surface area contributed by atoms with Gasteiger partial charge in [-0.05, 0) is 6.42 Å².